The van der Waals surface area contributed by atoms with Gasteiger partial charge in [-0.2, -0.15) is 0 Å². The summed E-state index contributed by atoms with van der Waals surface area (Å²) in [6.07, 6.45) is 4.78. The SMILES string of the molecule is CCCNC(CCC)COCCC(C)(C)C. The summed E-state index contributed by atoms with van der Waals surface area (Å²) >= 11 is 0. The first-order valence-electron chi connectivity index (χ1n) is 6.80. The van der Waals surface area contributed by atoms with Crippen molar-refractivity contribution in [1.82, 2.24) is 5.32 Å². The molecule has 0 fully saturated rings. The van der Waals surface area contributed by atoms with Crippen LogP contribution in [0.4, 0.5) is 0 Å². The van der Waals surface area contributed by atoms with Gasteiger partial charge in [-0.3, -0.25) is 0 Å². The summed E-state index contributed by atoms with van der Waals surface area (Å²) in [6, 6.07) is 0.546. The van der Waals surface area contributed by atoms with Crippen LogP contribution in [0.25, 0.3) is 0 Å². The molecule has 1 unspecified atom stereocenters. The highest BCUT2D eigenvalue weighted by Crippen LogP contribution is 2.17. The third kappa shape index (κ3) is 10.4. The van der Waals surface area contributed by atoms with Crippen molar-refractivity contribution < 1.29 is 4.74 Å². The number of rotatable bonds is 9. The maximum atomic E-state index is 5.76. The molecule has 0 bridgehead atoms. The second-order valence-electron chi connectivity index (χ2n) is 5.83. The van der Waals surface area contributed by atoms with E-state index in [2.05, 4.69) is 39.9 Å². The normalized spacial score (nSPS) is 14.1. The lowest BCUT2D eigenvalue weighted by Crippen LogP contribution is -2.34. The zero-order valence-corrected chi connectivity index (χ0v) is 11.9. The van der Waals surface area contributed by atoms with Gasteiger partial charge in [0.1, 0.15) is 0 Å². The second kappa shape index (κ2) is 9.00. The standard InChI is InChI=1S/C14H31NO/c1-6-8-13(15-10-7-2)12-16-11-9-14(3,4)5/h13,15H,6-12H2,1-5H3. The van der Waals surface area contributed by atoms with Gasteiger partial charge in [0.25, 0.3) is 0 Å². The van der Waals surface area contributed by atoms with Crippen molar-refractivity contribution in [3.8, 4) is 0 Å². The molecule has 0 rings (SSSR count). The van der Waals surface area contributed by atoms with Gasteiger partial charge < -0.3 is 10.1 Å². The van der Waals surface area contributed by atoms with Gasteiger partial charge in [0.05, 0.1) is 6.61 Å². The molecule has 0 aromatic heterocycles. The summed E-state index contributed by atoms with van der Waals surface area (Å²) in [5.74, 6) is 0. The van der Waals surface area contributed by atoms with Crippen molar-refractivity contribution in [3.05, 3.63) is 0 Å². The number of hydrogen-bond donors (Lipinski definition) is 1. The minimum absolute atomic E-state index is 0.386. The molecule has 0 saturated carbocycles. The van der Waals surface area contributed by atoms with E-state index in [-0.39, 0.29) is 0 Å². The summed E-state index contributed by atoms with van der Waals surface area (Å²) in [4.78, 5) is 0. The third-order valence-corrected chi connectivity index (χ3v) is 2.64. The van der Waals surface area contributed by atoms with Crippen LogP contribution >= 0.6 is 0 Å². The molecule has 0 aliphatic rings. The lowest BCUT2D eigenvalue weighted by molar-refractivity contribution is 0.0876. The minimum Gasteiger partial charge on any atom is -0.380 e. The van der Waals surface area contributed by atoms with E-state index in [0.717, 1.165) is 26.2 Å². The van der Waals surface area contributed by atoms with Crippen molar-refractivity contribution >= 4 is 0 Å². The number of ether oxygens (including phenoxy) is 1. The van der Waals surface area contributed by atoms with Crippen LogP contribution in [0, 0.1) is 5.41 Å². The Hall–Kier alpha value is -0.0800. The molecule has 0 spiro atoms. The van der Waals surface area contributed by atoms with Gasteiger partial charge in [0.2, 0.25) is 0 Å². The first-order chi connectivity index (χ1) is 7.49. The first-order valence-corrected chi connectivity index (χ1v) is 6.80. The highest BCUT2D eigenvalue weighted by Gasteiger charge is 2.11. The lowest BCUT2D eigenvalue weighted by atomic mass is 9.93. The zero-order valence-electron chi connectivity index (χ0n) is 11.9. The van der Waals surface area contributed by atoms with Gasteiger partial charge in [0, 0.05) is 12.6 Å². The lowest BCUT2D eigenvalue weighted by Gasteiger charge is -2.21. The van der Waals surface area contributed by atoms with E-state index >= 15 is 0 Å². The van der Waals surface area contributed by atoms with Crippen LogP contribution in [0.1, 0.15) is 60.3 Å². The summed E-state index contributed by atoms with van der Waals surface area (Å²) in [6.45, 7) is 14.1. The molecular weight excluding hydrogens is 198 g/mol. The second-order valence-corrected chi connectivity index (χ2v) is 5.83. The molecule has 0 aliphatic heterocycles. The average Bonchev–Trinajstić information content (AvgIpc) is 2.19. The van der Waals surface area contributed by atoms with Crippen molar-refractivity contribution in [1.29, 1.82) is 0 Å². The van der Waals surface area contributed by atoms with Crippen molar-refractivity contribution in [2.75, 3.05) is 19.8 Å². The third-order valence-electron chi connectivity index (χ3n) is 2.64. The Morgan fingerprint density at radius 3 is 2.31 bits per heavy atom. The smallest absolute Gasteiger partial charge is 0.0619 e. The van der Waals surface area contributed by atoms with Crippen LogP contribution in [0.3, 0.4) is 0 Å². The molecule has 98 valence electrons. The van der Waals surface area contributed by atoms with Gasteiger partial charge in [-0.15, -0.1) is 0 Å². The summed E-state index contributed by atoms with van der Waals surface area (Å²) in [5, 5.41) is 3.54. The van der Waals surface area contributed by atoms with Gasteiger partial charge in [0.15, 0.2) is 0 Å². The Morgan fingerprint density at radius 2 is 1.81 bits per heavy atom. The molecular formula is C14H31NO. The molecule has 0 radical (unpaired) electrons. The summed E-state index contributed by atoms with van der Waals surface area (Å²) in [7, 11) is 0. The minimum atomic E-state index is 0.386. The number of hydrogen-bond acceptors (Lipinski definition) is 2. The van der Waals surface area contributed by atoms with Crippen molar-refractivity contribution in [2.24, 2.45) is 5.41 Å². The van der Waals surface area contributed by atoms with Crippen LogP contribution in [0.5, 0.6) is 0 Å². The molecule has 16 heavy (non-hydrogen) atoms. The largest absolute Gasteiger partial charge is 0.380 e. The van der Waals surface area contributed by atoms with Crippen LogP contribution in [0.2, 0.25) is 0 Å². The van der Waals surface area contributed by atoms with E-state index in [1.54, 1.807) is 0 Å². The molecule has 0 amide bonds. The molecule has 1 atom stereocenters. The molecule has 0 saturated heterocycles. The fourth-order valence-electron chi connectivity index (χ4n) is 1.55. The van der Waals surface area contributed by atoms with E-state index in [9.17, 15) is 0 Å². The van der Waals surface area contributed by atoms with E-state index in [1.807, 2.05) is 0 Å². The maximum Gasteiger partial charge on any atom is 0.0619 e. The van der Waals surface area contributed by atoms with Crippen molar-refractivity contribution in [3.63, 3.8) is 0 Å². The van der Waals surface area contributed by atoms with Crippen LogP contribution in [0.15, 0.2) is 0 Å². The summed E-state index contributed by atoms with van der Waals surface area (Å²) < 4.78 is 5.76. The number of nitrogens with one attached hydrogen (secondary N) is 1. The van der Waals surface area contributed by atoms with E-state index in [4.69, 9.17) is 4.74 Å². The quantitative estimate of drug-likeness (QED) is 0.610. The monoisotopic (exact) mass is 229 g/mol. The predicted molar refractivity (Wildman–Crippen MR) is 71.9 cm³/mol. The summed E-state index contributed by atoms with van der Waals surface area (Å²) in [5.41, 5.74) is 0.386. The van der Waals surface area contributed by atoms with Crippen LogP contribution in [-0.2, 0) is 4.74 Å². The van der Waals surface area contributed by atoms with E-state index in [0.29, 0.717) is 11.5 Å². The Balaban J connectivity index is 3.59. The maximum absolute atomic E-state index is 5.76. The first kappa shape index (κ1) is 15.9. The molecule has 1 N–H and O–H groups in total. The molecule has 0 heterocycles. The topological polar surface area (TPSA) is 21.3 Å². The van der Waals surface area contributed by atoms with Gasteiger partial charge in [-0.25, -0.2) is 0 Å². The van der Waals surface area contributed by atoms with E-state index < -0.39 is 0 Å². The van der Waals surface area contributed by atoms with Crippen molar-refractivity contribution in [2.45, 2.75) is 66.3 Å². The van der Waals surface area contributed by atoms with Gasteiger partial charge in [-0.1, -0.05) is 41.0 Å². The van der Waals surface area contributed by atoms with Crippen LogP contribution < -0.4 is 5.32 Å². The van der Waals surface area contributed by atoms with E-state index in [1.165, 1.54) is 19.3 Å². The molecule has 0 aromatic rings. The van der Waals surface area contributed by atoms with Crippen LogP contribution in [-0.4, -0.2) is 25.8 Å². The fourth-order valence-corrected chi connectivity index (χ4v) is 1.55. The Labute approximate surface area is 102 Å². The Morgan fingerprint density at radius 1 is 1.12 bits per heavy atom. The molecule has 0 aromatic carbocycles. The fraction of sp³-hybridized carbons (Fsp3) is 1.00. The van der Waals surface area contributed by atoms with Gasteiger partial charge >= 0.3 is 0 Å². The average molecular weight is 229 g/mol. The molecule has 0 aliphatic carbocycles. The predicted octanol–water partition coefficient (Wildman–Crippen LogP) is 3.61. The zero-order chi connectivity index (χ0) is 12.4. The Kier molecular flexibility index (Phi) is 8.96. The molecule has 2 nitrogen and oxygen atoms in total. The molecule has 2 heteroatoms. The Bertz CT molecular complexity index is 151. The highest BCUT2D eigenvalue weighted by atomic mass is 16.5. The van der Waals surface area contributed by atoms with Gasteiger partial charge in [-0.05, 0) is 31.2 Å². The highest BCUT2D eigenvalue weighted by molar-refractivity contribution is 4.66.